The fourth-order valence-electron chi connectivity index (χ4n) is 2.79. The van der Waals surface area contributed by atoms with Crippen LogP contribution in [0.1, 0.15) is 10.5 Å². The zero-order valence-electron chi connectivity index (χ0n) is 14.3. The Balaban J connectivity index is 1.74. The van der Waals surface area contributed by atoms with E-state index in [0.717, 1.165) is 11.3 Å². The van der Waals surface area contributed by atoms with Gasteiger partial charge in [0.2, 0.25) is 0 Å². The highest BCUT2D eigenvalue weighted by molar-refractivity contribution is 6.04. The largest absolute Gasteiger partial charge is 0.321 e. The van der Waals surface area contributed by atoms with Crippen LogP contribution in [0.2, 0.25) is 0 Å². The monoisotopic (exact) mass is 357 g/mol. The van der Waals surface area contributed by atoms with Gasteiger partial charge in [-0.25, -0.2) is 9.07 Å². The molecule has 0 aliphatic rings. The molecular formula is C22H16FN3O. The van der Waals surface area contributed by atoms with E-state index in [0.29, 0.717) is 17.1 Å². The number of rotatable bonds is 4. The van der Waals surface area contributed by atoms with Gasteiger partial charge in [0.1, 0.15) is 11.5 Å². The fraction of sp³-hybridized carbons (Fsp3) is 0. The zero-order valence-corrected chi connectivity index (χ0v) is 14.3. The van der Waals surface area contributed by atoms with Crippen LogP contribution >= 0.6 is 0 Å². The van der Waals surface area contributed by atoms with Crippen LogP contribution in [0.25, 0.3) is 16.9 Å². The number of anilines is 1. The average molecular weight is 357 g/mol. The topological polar surface area (TPSA) is 46.9 Å². The molecule has 4 aromatic rings. The van der Waals surface area contributed by atoms with Crippen molar-refractivity contribution in [3.05, 3.63) is 103 Å². The van der Waals surface area contributed by atoms with E-state index in [2.05, 4.69) is 10.4 Å². The minimum atomic E-state index is -0.353. The van der Waals surface area contributed by atoms with Gasteiger partial charge < -0.3 is 5.32 Å². The second-order valence-corrected chi connectivity index (χ2v) is 5.99. The molecule has 1 aromatic heterocycles. The van der Waals surface area contributed by atoms with Crippen LogP contribution in [0.4, 0.5) is 10.1 Å². The predicted molar refractivity (Wildman–Crippen MR) is 103 cm³/mol. The summed E-state index contributed by atoms with van der Waals surface area (Å²) in [7, 11) is 0. The number of nitrogens with one attached hydrogen (secondary N) is 1. The molecule has 0 bridgehead atoms. The van der Waals surface area contributed by atoms with E-state index in [1.807, 2.05) is 60.7 Å². The summed E-state index contributed by atoms with van der Waals surface area (Å²) in [5, 5.41) is 7.42. The standard InChI is InChI=1S/C22H16FN3O/c23-17-11-13-18(14-12-17)24-22(27)21-15-20(16-7-3-1-4-8-16)25-26(21)19-9-5-2-6-10-19/h1-15H,(H,24,27). The molecule has 0 unspecified atom stereocenters. The van der Waals surface area contributed by atoms with Crippen molar-refractivity contribution < 1.29 is 9.18 Å². The number of hydrogen-bond donors (Lipinski definition) is 1. The minimum Gasteiger partial charge on any atom is -0.321 e. The van der Waals surface area contributed by atoms with Crippen LogP contribution in [0.3, 0.4) is 0 Å². The maximum Gasteiger partial charge on any atom is 0.274 e. The molecule has 1 N–H and O–H groups in total. The summed E-state index contributed by atoms with van der Waals surface area (Å²) in [5.41, 5.74) is 3.31. The van der Waals surface area contributed by atoms with E-state index in [9.17, 15) is 9.18 Å². The molecule has 27 heavy (non-hydrogen) atoms. The summed E-state index contributed by atoms with van der Waals surface area (Å²) in [6.45, 7) is 0. The average Bonchev–Trinajstić information content (AvgIpc) is 3.17. The first kappa shape index (κ1) is 16.7. The van der Waals surface area contributed by atoms with Gasteiger partial charge in [-0.05, 0) is 42.5 Å². The number of nitrogens with zero attached hydrogens (tertiary/aromatic N) is 2. The van der Waals surface area contributed by atoms with Gasteiger partial charge in [-0.15, -0.1) is 0 Å². The Bertz CT molecular complexity index is 1060. The Labute approximate surface area is 155 Å². The number of amides is 1. The SMILES string of the molecule is O=C(Nc1ccc(F)cc1)c1cc(-c2ccccc2)nn1-c1ccccc1. The Morgan fingerprint density at radius 2 is 1.48 bits per heavy atom. The lowest BCUT2D eigenvalue weighted by Crippen LogP contribution is -2.16. The molecular weight excluding hydrogens is 341 g/mol. The molecule has 0 saturated heterocycles. The van der Waals surface area contributed by atoms with Crippen molar-refractivity contribution in [2.24, 2.45) is 0 Å². The molecule has 4 nitrogen and oxygen atoms in total. The van der Waals surface area contributed by atoms with Crippen molar-refractivity contribution in [3.8, 4) is 16.9 Å². The third-order valence-corrected chi connectivity index (χ3v) is 4.11. The lowest BCUT2D eigenvalue weighted by Gasteiger charge is -2.08. The normalized spacial score (nSPS) is 10.6. The number of halogens is 1. The van der Waals surface area contributed by atoms with Gasteiger partial charge in [-0.1, -0.05) is 48.5 Å². The van der Waals surface area contributed by atoms with Crippen molar-refractivity contribution in [1.29, 1.82) is 0 Å². The van der Waals surface area contributed by atoms with Crippen LogP contribution < -0.4 is 5.32 Å². The molecule has 3 aromatic carbocycles. The minimum absolute atomic E-state index is 0.319. The summed E-state index contributed by atoms with van der Waals surface area (Å²) in [5.74, 6) is -0.672. The fourth-order valence-corrected chi connectivity index (χ4v) is 2.79. The van der Waals surface area contributed by atoms with Crippen molar-refractivity contribution >= 4 is 11.6 Å². The van der Waals surface area contributed by atoms with Crippen molar-refractivity contribution in [2.75, 3.05) is 5.32 Å². The number of benzene rings is 3. The van der Waals surface area contributed by atoms with E-state index in [1.54, 1.807) is 10.7 Å². The van der Waals surface area contributed by atoms with Gasteiger partial charge in [0.15, 0.2) is 0 Å². The molecule has 132 valence electrons. The highest BCUT2D eigenvalue weighted by Crippen LogP contribution is 2.22. The summed E-state index contributed by atoms with van der Waals surface area (Å²) in [4.78, 5) is 12.9. The molecule has 0 atom stereocenters. The molecule has 5 heteroatoms. The predicted octanol–water partition coefficient (Wildman–Crippen LogP) is 4.93. The van der Waals surface area contributed by atoms with E-state index in [-0.39, 0.29) is 11.7 Å². The number of aromatic nitrogens is 2. The molecule has 0 fully saturated rings. The van der Waals surface area contributed by atoms with Gasteiger partial charge in [0, 0.05) is 11.3 Å². The maximum atomic E-state index is 13.1. The first-order valence-corrected chi connectivity index (χ1v) is 8.48. The number of carbonyl (C=O) groups excluding carboxylic acids is 1. The van der Waals surface area contributed by atoms with E-state index in [1.165, 1.54) is 24.3 Å². The third-order valence-electron chi connectivity index (χ3n) is 4.11. The molecule has 0 spiro atoms. The Morgan fingerprint density at radius 3 is 2.15 bits per heavy atom. The molecule has 4 rings (SSSR count). The summed E-state index contributed by atoms with van der Waals surface area (Å²) < 4.78 is 14.7. The van der Waals surface area contributed by atoms with Crippen molar-refractivity contribution in [2.45, 2.75) is 0 Å². The quantitative estimate of drug-likeness (QED) is 0.563. The van der Waals surface area contributed by atoms with Gasteiger partial charge in [0.05, 0.1) is 11.4 Å². The van der Waals surface area contributed by atoms with Crippen molar-refractivity contribution in [3.63, 3.8) is 0 Å². The molecule has 1 heterocycles. The van der Waals surface area contributed by atoms with Crippen LogP contribution in [-0.4, -0.2) is 15.7 Å². The Morgan fingerprint density at radius 1 is 0.852 bits per heavy atom. The molecule has 0 saturated carbocycles. The first-order chi connectivity index (χ1) is 13.2. The third kappa shape index (κ3) is 3.62. The molecule has 0 aliphatic carbocycles. The Hall–Kier alpha value is -3.73. The second-order valence-electron chi connectivity index (χ2n) is 5.99. The zero-order chi connectivity index (χ0) is 18.6. The summed E-state index contributed by atoms with van der Waals surface area (Å²) >= 11 is 0. The van der Waals surface area contributed by atoms with Crippen LogP contribution in [0, 0.1) is 5.82 Å². The molecule has 0 radical (unpaired) electrons. The van der Waals surface area contributed by atoms with Gasteiger partial charge in [-0.2, -0.15) is 5.10 Å². The number of para-hydroxylation sites is 1. The van der Waals surface area contributed by atoms with Crippen molar-refractivity contribution in [1.82, 2.24) is 9.78 Å². The van der Waals surface area contributed by atoms with Crippen LogP contribution in [0.5, 0.6) is 0 Å². The lowest BCUT2D eigenvalue weighted by atomic mass is 10.1. The summed E-state index contributed by atoms with van der Waals surface area (Å²) in [6, 6.07) is 26.5. The van der Waals surface area contributed by atoms with Gasteiger partial charge in [-0.3, -0.25) is 4.79 Å². The second kappa shape index (κ2) is 7.25. The van der Waals surface area contributed by atoms with Gasteiger partial charge in [0.25, 0.3) is 5.91 Å². The summed E-state index contributed by atoms with van der Waals surface area (Å²) in [6.07, 6.45) is 0. The maximum absolute atomic E-state index is 13.1. The number of carbonyl (C=O) groups is 1. The number of hydrogen-bond acceptors (Lipinski definition) is 2. The molecule has 1 amide bonds. The van der Waals surface area contributed by atoms with E-state index < -0.39 is 0 Å². The van der Waals surface area contributed by atoms with Crippen LogP contribution in [0.15, 0.2) is 91.0 Å². The molecule has 0 aliphatic heterocycles. The van der Waals surface area contributed by atoms with E-state index >= 15 is 0 Å². The lowest BCUT2D eigenvalue weighted by molar-refractivity contribution is 0.101. The smallest absolute Gasteiger partial charge is 0.274 e. The van der Waals surface area contributed by atoms with Crippen LogP contribution in [-0.2, 0) is 0 Å². The van der Waals surface area contributed by atoms with E-state index in [4.69, 9.17) is 0 Å². The highest BCUT2D eigenvalue weighted by Gasteiger charge is 2.17. The van der Waals surface area contributed by atoms with Gasteiger partial charge >= 0.3 is 0 Å². The highest BCUT2D eigenvalue weighted by atomic mass is 19.1. The first-order valence-electron chi connectivity index (χ1n) is 8.48. The Kier molecular flexibility index (Phi) is 4.49.